The third-order valence-corrected chi connectivity index (χ3v) is 4.40. The van der Waals surface area contributed by atoms with Gasteiger partial charge in [-0.2, -0.15) is 0 Å². The number of fused-ring (bicyclic) bond motifs is 1. The van der Waals surface area contributed by atoms with Crippen molar-refractivity contribution in [2.24, 2.45) is 0 Å². The molecule has 5 nitrogen and oxygen atoms in total. The second kappa shape index (κ2) is 5.63. The van der Waals surface area contributed by atoms with Gasteiger partial charge in [0.05, 0.1) is 11.6 Å². The van der Waals surface area contributed by atoms with Crippen molar-refractivity contribution in [3.05, 3.63) is 40.9 Å². The van der Waals surface area contributed by atoms with E-state index in [9.17, 15) is 4.79 Å². The Balaban J connectivity index is 1.66. The van der Waals surface area contributed by atoms with Crippen molar-refractivity contribution in [1.82, 2.24) is 14.9 Å². The number of furan rings is 1. The molecule has 1 N–H and O–H groups in total. The van der Waals surface area contributed by atoms with Gasteiger partial charge in [-0.3, -0.25) is 4.79 Å². The number of hydrogen-bond acceptors (Lipinski definition) is 3. The van der Waals surface area contributed by atoms with E-state index in [4.69, 9.17) is 4.42 Å². The molecule has 0 saturated carbocycles. The van der Waals surface area contributed by atoms with Crippen LogP contribution in [0.15, 0.2) is 16.7 Å². The highest BCUT2D eigenvalue weighted by molar-refractivity contribution is 5.83. The Morgan fingerprint density at radius 2 is 2.23 bits per heavy atom. The Hall–Kier alpha value is -2.04. The molecule has 3 rings (SSSR count). The fraction of sp³-hybridized carbons (Fsp3) is 0.529. The number of aromatic nitrogens is 2. The second-order valence-corrected chi connectivity index (χ2v) is 6.29. The molecule has 0 aliphatic carbocycles. The van der Waals surface area contributed by atoms with Gasteiger partial charge in [0.2, 0.25) is 5.91 Å². The molecule has 2 atom stereocenters. The Labute approximate surface area is 130 Å². The van der Waals surface area contributed by atoms with E-state index in [2.05, 4.69) is 21.1 Å². The zero-order chi connectivity index (χ0) is 15.9. The molecule has 0 spiro atoms. The minimum Gasteiger partial charge on any atom is -0.466 e. The minimum absolute atomic E-state index is 0.0641. The molecule has 2 aromatic rings. The lowest BCUT2D eigenvalue weighted by atomic mass is 9.99. The predicted octanol–water partition coefficient (Wildman–Crippen LogP) is 2.64. The lowest BCUT2D eigenvalue weighted by molar-refractivity contribution is -0.123. The van der Waals surface area contributed by atoms with Crippen LogP contribution in [0.25, 0.3) is 0 Å². The molecule has 0 fully saturated rings. The molecule has 118 valence electrons. The number of carbonyl (C=O) groups excluding carboxylic acids is 1. The van der Waals surface area contributed by atoms with Crippen LogP contribution in [0.5, 0.6) is 0 Å². The third kappa shape index (κ3) is 2.80. The van der Waals surface area contributed by atoms with Crippen LogP contribution >= 0.6 is 0 Å². The third-order valence-electron chi connectivity index (χ3n) is 4.40. The first-order valence-electron chi connectivity index (χ1n) is 7.84. The highest BCUT2D eigenvalue weighted by Gasteiger charge is 2.25. The quantitative estimate of drug-likeness (QED) is 0.948. The fourth-order valence-corrected chi connectivity index (χ4v) is 3.25. The largest absolute Gasteiger partial charge is 0.466 e. The number of aryl methyl sites for hydroxylation is 4. The Kier molecular flexibility index (Phi) is 3.81. The number of carbonyl (C=O) groups is 1. The summed E-state index contributed by atoms with van der Waals surface area (Å²) in [6.45, 7) is 8.56. The maximum Gasteiger partial charge on any atom is 0.227 e. The Morgan fingerprint density at radius 3 is 2.91 bits per heavy atom. The maximum absolute atomic E-state index is 12.5. The number of nitrogens with one attached hydrogen (secondary N) is 1. The first-order chi connectivity index (χ1) is 10.4. The molecular formula is C17H23N3O2. The van der Waals surface area contributed by atoms with Crippen molar-refractivity contribution >= 4 is 5.91 Å². The molecule has 0 bridgehead atoms. The molecule has 0 radical (unpaired) electrons. The number of imidazole rings is 1. The maximum atomic E-state index is 12.5. The van der Waals surface area contributed by atoms with Crippen LogP contribution in [0.1, 0.15) is 47.9 Å². The van der Waals surface area contributed by atoms with Crippen molar-refractivity contribution in [2.45, 2.75) is 59.0 Å². The predicted molar refractivity (Wildman–Crippen MR) is 83.8 cm³/mol. The van der Waals surface area contributed by atoms with E-state index in [1.54, 1.807) is 0 Å². The minimum atomic E-state index is -0.191. The summed E-state index contributed by atoms with van der Waals surface area (Å²) in [5.41, 5.74) is 2.02. The lowest BCUT2D eigenvalue weighted by Crippen LogP contribution is -2.42. The molecular weight excluding hydrogens is 278 g/mol. The molecule has 22 heavy (non-hydrogen) atoms. The molecule has 0 saturated heterocycles. The zero-order valence-electron chi connectivity index (χ0n) is 13.6. The first kappa shape index (κ1) is 14.9. The molecule has 1 amide bonds. The van der Waals surface area contributed by atoms with E-state index in [1.165, 1.54) is 0 Å². The van der Waals surface area contributed by atoms with Crippen LogP contribution < -0.4 is 5.32 Å². The van der Waals surface area contributed by atoms with Crippen LogP contribution in [0, 0.1) is 20.8 Å². The summed E-state index contributed by atoms with van der Waals surface area (Å²) in [6.07, 6.45) is 3.91. The van der Waals surface area contributed by atoms with E-state index in [1.807, 2.05) is 33.8 Å². The highest BCUT2D eigenvalue weighted by atomic mass is 16.3. The molecule has 5 heteroatoms. The molecule has 2 aromatic heterocycles. The summed E-state index contributed by atoms with van der Waals surface area (Å²) in [5.74, 6) is 2.68. The summed E-state index contributed by atoms with van der Waals surface area (Å²) in [6, 6.07) is 2.13. The van der Waals surface area contributed by atoms with Crippen LogP contribution in [0.4, 0.5) is 0 Å². The van der Waals surface area contributed by atoms with E-state index in [0.29, 0.717) is 0 Å². The van der Waals surface area contributed by atoms with Gasteiger partial charge in [-0.15, -0.1) is 0 Å². The topological polar surface area (TPSA) is 60.1 Å². The fourth-order valence-electron chi connectivity index (χ4n) is 3.25. The number of hydrogen-bond donors (Lipinski definition) is 1. The second-order valence-electron chi connectivity index (χ2n) is 6.29. The molecule has 1 aliphatic heterocycles. The van der Waals surface area contributed by atoms with Crippen molar-refractivity contribution < 1.29 is 9.21 Å². The summed E-state index contributed by atoms with van der Waals surface area (Å²) in [7, 11) is 0. The summed E-state index contributed by atoms with van der Waals surface area (Å²) < 4.78 is 7.69. The van der Waals surface area contributed by atoms with E-state index in [-0.39, 0.29) is 17.9 Å². The van der Waals surface area contributed by atoms with Gasteiger partial charge < -0.3 is 14.3 Å². The van der Waals surface area contributed by atoms with Crippen LogP contribution in [-0.2, 0) is 17.8 Å². The first-order valence-corrected chi connectivity index (χ1v) is 7.84. The monoisotopic (exact) mass is 301 g/mol. The number of amides is 1. The van der Waals surface area contributed by atoms with Gasteiger partial charge in [-0.1, -0.05) is 0 Å². The van der Waals surface area contributed by atoms with Crippen LogP contribution in [0.3, 0.4) is 0 Å². The normalized spacial score (nSPS) is 18.8. The van der Waals surface area contributed by atoms with E-state index < -0.39 is 0 Å². The van der Waals surface area contributed by atoms with Crippen molar-refractivity contribution in [3.63, 3.8) is 0 Å². The SMILES string of the molecule is Cc1cn2c(n1)CC[C@@H](NC(=O)[C@@H](C)c1cc(C)oc1C)C2. The smallest absolute Gasteiger partial charge is 0.227 e. The lowest BCUT2D eigenvalue weighted by Gasteiger charge is -2.26. The molecule has 3 heterocycles. The van der Waals surface area contributed by atoms with E-state index >= 15 is 0 Å². The van der Waals surface area contributed by atoms with Crippen LogP contribution in [-0.4, -0.2) is 21.5 Å². The number of nitrogens with zero attached hydrogens (tertiary/aromatic N) is 2. The zero-order valence-corrected chi connectivity index (χ0v) is 13.6. The summed E-state index contributed by atoms with van der Waals surface area (Å²) in [4.78, 5) is 17.0. The van der Waals surface area contributed by atoms with Gasteiger partial charge in [-0.25, -0.2) is 4.98 Å². The molecule has 0 aromatic carbocycles. The standard InChI is InChI=1S/C17H23N3O2/c1-10-8-20-9-14(5-6-16(20)18-10)19-17(21)12(3)15-7-11(2)22-13(15)4/h7-8,12,14H,5-6,9H2,1-4H3,(H,19,21)/t12-,14+/m0/s1. The van der Waals surface area contributed by atoms with Crippen molar-refractivity contribution in [2.75, 3.05) is 0 Å². The highest BCUT2D eigenvalue weighted by Crippen LogP contribution is 2.24. The van der Waals surface area contributed by atoms with Crippen LogP contribution in [0.2, 0.25) is 0 Å². The van der Waals surface area contributed by atoms with Crippen molar-refractivity contribution in [1.29, 1.82) is 0 Å². The van der Waals surface area contributed by atoms with Gasteiger partial charge in [0.15, 0.2) is 0 Å². The van der Waals surface area contributed by atoms with E-state index in [0.717, 1.165) is 48.0 Å². The van der Waals surface area contributed by atoms with Gasteiger partial charge in [0.25, 0.3) is 0 Å². The Morgan fingerprint density at radius 1 is 1.45 bits per heavy atom. The Bertz CT molecular complexity index is 699. The average molecular weight is 301 g/mol. The molecule has 1 aliphatic rings. The van der Waals surface area contributed by atoms with Crippen molar-refractivity contribution in [3.8, 4) is 0 Å². The van der Waals surface area contributed by atoms with Gasteiger partial charge in [0, 0.05) is 30.8 Å². The summed E-state index contributed by atoms with van der Waals surface area (Å²) >= 11 is 0. The van der Waals surface area contributed by atoms with Gasteiger partial charge in [0.1, 0.15) is 17.3 Å². The average Bonchev–Trinajstić information content (AvgIpc) is 2.98. The number of rotatable bonds is 3. The summed E-state index contributed by atoms with van der Waals surface area (Å²) in [5, 5.41) is 3.17. The molecule has 0 unspecified atom stereocenters. The van der Waals surface area contributed by atoms with Gasteiger partial charge >= 0.3 is 0 Å². The van der Waals surface area contributed by atoms with Gasteiger partial charge in [-0.05, 0) is 40.2 Å².